The van der Waals surface area contributed by atoms with Crippen LogP contribution in [0.1, 0.15) is 0 Å². The molecule has 32 heavy (non-hydrogen) atoms. The van der Waals surface area contributed by atoms with Crippen LogP contribution in [0, 0.1) is 10.1 Å². The van der Waals surface area contributed by atoms with Gasteiger partial charge in [0.15, 0.2) is 5.65 Å². The predicted octanol–water partition coefficient (Wildman–Crippen LogP) is 2.03. The second kappa shape index (κ2) is 7.40. The highest BCUT2D eigenvalue weighted by Crippen LogP contribution is 2.19. The zero-order valence-corrected chi connectivity index (χ0v) is 16.3. The predicted molar refractivity (Wildman–Crippen MR) is 115 cm³/mol. The molecule has 0 amide bonds. The highest BCUT2D eigenvalue weighted by molar-refractivity contribution is 5.76. The van der Waals surface area contributed by atoms with Gasteiger partial charge in [0, 0.05) is 30.7 Å². The Bertz CT molecular complexity index is 1590. The zero-order valence-electron chi connectivity index (χ0n) is 16.3. The number of imidazole rings is 1. The fourth-order valence-electron chi connectivity index (χ4n) is 3.37. The van der Waals surface area contributed by atoms with E-state index >= 15 is 0 Å². The lowest BCUT2D eigenvalue weighted by Gasteiger charge is -2.14. The molecule has 0 unspecified atom stereocenters. The minimum Gasteiger partial charge on any atom is -0.274 e. The number of aromatic nitrogens is 6. The SMILES string of the molecule is O=c1c2cnc(-n3ccnc3)nc2n(-c2cccc([N+](=O)[O-])c2)c(=O)n1-c1ccccc1. The van der Waals surface area contributed by atoms with E-state index < -0.39 is 16.2 Å². The normalized spacial score (nSPS) is 11.0. The summed E-state index contributed by atoms with van der Waals surface area (Å²) in [6.45, 7) is 0. The van der Waals surface area contributed by atoms with Crippen LogP contribution in [-0.2, 0) is 0 Å². The summed E-state index contributed by atoms with van der Waals surface area (Å²) >= 11 is 0. The average molecular weight is 427 g/mol. The molecular weight excluding hydrogens is 414 g/mol. The molecule has 11 nitrogen and oxygen atoms in total. The molecule has 0 aliphatic rings. The molecule has 0 atom stereocenters. The molecule has 3 aromatic heterocycles. The summed E-state index contributed by atoms with van der Waals surface area (Å²) < 4.78 is 3.67. The van der Waals surface area contributed by atoms with Crippen LogP contribution in [0.15, 0.2) is 89.1 Å². The number of hydrogen-bond donors (Lipinski definition) is 0. The maximum atomic E-state index is 13.6. The largest absolute Gasteiger partial charge is 0.341 e. The molecule has 0 fully saturated rings. The number of hydrogen-bond acceptors (Lipinski definition) is 7. The lowest BCUT2D eigenvalue weighted by Crippen LogP contribution is -2.39. The van der Waals surface area contributed by atoms with E-state index in [0.29, 0.717) is 5.69 Å². The van der Waals surface area contributed by atoms with E-state index in [1.807, 2.05) is 0 Å². The third kappa shape index (κ3) is 3.04. The summed E-state index contributed by atoms with van der Waals surface area (Å²) in [5.74, 6) is 0.186. The van der Waals surface area contributed by atoms with Crippen molar-refractivity contribution < 1.29 is 4.92 Å². The number of fused-ring (bicyclic) bond motifs is 1. The van der Waals surface area contributed by atoms with Crippen LogP contribution in [0.2, 0.25) is 0 Å². The van der Waals surface area contributed by atoms with E-state index in [4.69, 9.17) is 0 Å². The summed E-state index contributed by atoms with van der Waals surface area (Å²) in [7, 11) is 0. The minimum atomic E-state index is -0.718. The van der Waals surface area contributed by atoms with Gasteiger partial charge < -0.3 is 0 Å². The zero-order chi connectivity index (χ0) is 22.2. The van der Waals surface area contributed by atoms with Gasteiger partial charge in [-0.2, -0.15) is 4.98 Å². The van der Waals surface area contributed by atoms with Crippen molar-refractivity contribution in [1.29, 1.82) is 0 Å². The van der Waals surface area contributed by atoms with E-state index in [1.165, 1.54) is 52.1 Å². The van der Waals surface area contributed by atoms with E-state index in [2.05, 4.69) is 15.0 Å². The Labute approximate surface area is 178 Å². The third-order valence-corrected chi connectivity index (χ3v) is 4.83. The van der Waals surface area contributed by atoms with Crippen molar-refractivity contribution in [2.75, 3.05) is 0 Å². The van der Waals surface area contributed by atoms with Crippen molar-refractivity contribution in [3.8, 4) is 17.3 Å². The number of non-ortho nitro benzene ring substituents is 1. The van der Waals surface area contributed by atoms with Crippen LogP contribution in [0.4, 0.5) is 5.69 Å². The van der Waals surface area contributed by atoms with Gasteiger partial charge in [0.2, 0.25) is 5.95 Å². The average Bonchev–Trinajstić information content (AvgIpc) is 3.35. The van der Waals surface area contributed by atoms with Crippen molar-refractivity contribution in [2.24, 2.45) is 0 Å². The molecule has 0 radical (unpaired) electrons. The van der Waals surface area contributed by atoms with Crippen molar-refractivity contribution in [2.45, 2.75) is 0 Å². The van der Waals surface area contributed by atoms with Crippen LogP contribution in [0.3, 0.4) is 0 Å². The highest BCUT2D eigenvalue weighted by Gasteiger charge is 2.19. The number of para-hydroxylation sites is 1. The third-order valence-electron chi connectivity index (χ3n) is 4.83. The Kier molecular flexibility index (Phi) is 4.40. The van der Waals surface area contributed by atoms with Crippen LogP contribution in [0.25, 0.3) is 28.4 Å². The number of rotatable bonds is 4. The molecule has 5 aromatic rings. The quantitative estimate of drug-likeness (QED) is 0.317. The summed E-state index contributed by atoms with van der Waals surface area (Å²) in [5.41, 5.74) is -0.966. The topological polar surface area (TPSA) is 131 Å². The Balaban J connectivity index is 1.92. The van der Waals surface area contributed by atoms with Gasteiger partial charge in [-0.1, -0.05) is 24.3 Å². The maximum Gasteiger partial charge on any atom is 0.341 e. The first kappa shape index (κ1) is 19.1. The first-order chi connectivity index (χ1) is 15.5. The molecule has 5 rings (SSSR count). The van der Waals surface area contributed by atoms with Crippen molar-refractivity contribution in [3.63, 3.8) is 0 Å². The summed E-state index contributed by atoms with van der Waals surface area (Å²) in [4.78, 5) is 50.2. The lowest BCUT2D eigenvalue weighted by atomic mass is 10.2. The first-order valence-electron chi connectivity index (χ1n) is 9.38. The van der Waals surface area contributed by atoms with Gasteiger partial charge in [-0.05, 0) is 18.2 Å². The molecule has 0 saturated heterocycles. The molecular formula is C21H13N7O4. The summed E-state index contributed by atoms with van der Waals surface area (Å²) in [5, 5.41) is 11.4. The Morgan fingerprint density at radius 2 is 1.72 bits per heavy atom. The molecule has 2 aromatic carbocycles. The van der Waals surface area contributed by atoms with Gasteiger partial charge >= 0.3 is 5.69 Å². The fraction of sp³-hybridized carbons (Fsp3) is 0. The van der Waals surface area contributed by atoms with Gasteiger partial charge in [0.05, 0.1) is 16.3 Å². The second-order valence-corrected chi connectivity index (χ2v) is 6.75. The summed E-state index contributed by atoms with van der Waals surface area (Å²) in [6.07, 6.45) is 5.95. The monoisotopic (exact) mass is 427 g/mol. The molecule has 11 heteroatoms. The molecule has 0 aliphatic heterocycles. The second-order valence-electron chi connectivity index (χ2n) is 6.75. The van der Waals surface area contributed by atoms with Gasteiger partial charge in [-0.15, -0.1) is 0 Å². The van der Waals surface area contributed by atoms with Crippen molar-refractivity contribution in [3.05, 3.63) is 110 Å². The van der Waals surface area contributed by atoms with E-state index in [9.17, 15) is 19.7 Å². The Hall–Kier alpha value is -4.93. The van der Waals surface area contributed by atoms with Crippen molar-refractivity contribution >= 4 is 16.7 Å². The molecule has 156 valence electrons. The smallest absolute Gasteiger partial charge is 0.274 e. The van der Waals surface area contributed by atoms with Crippen LogP contribution in [-0.4, -0.2) is 33.6 Å². The molecule has 0 spiro atoms. The van der Waals surface area contributed by atoms with Gasteiger partial charge in [0.1, 0.15) is 11.7 Å². The number of benzene rings is 2. The van der Waals surface area contributed by atoms with Gasteiger partial charge in [-0.3, -0.25) is 19.5 Å². The van der Waals surface area contributed by atoms with Crippen molar-refractivity contribution in [1.82, 2.24) is 28.7 Å². The van der Waals surface area contributed by atoms with E-state index in [-0.39, 0.29) is 28.4 Å². The van der Waals surface area contributed by atoms with Crippen LogP contribution >= 0.6 is 0 Å². The van der Waals surface area contributed by atoms with Crippen LogP contribution in [0.5, 0.6) is 0 Å². The number of nitrogens with zero attached hydrogens (tertiary/aromatic N) is 7. The van der Waals surface area contributed by atoms with Gasteiger partial charge in [-0.25, -0.2) is 23.9 Å². The number of nitro benzene ring substituents is 1. The summed E-state index contributed by atoms with van der Waals surface area (Å²) in [6, 6.07) is 13.9. The van der Waals surface area contributed by atoms with Gasteiger partial charge in [0.25, 0.3) is 11.2 Å². The molecule has 0 N–H and O–H groups in total. The Morgan fingerprint density at radius 3 is 2.44 bits per heavy atom. The Morgan fingerprint density at radius 1 is 0.938 bits per heavy atom. The molecule has 0 bridgehead atoms. The lowest BCUT2D eigenvalue weighted by molar-refractivity contribution is -0.384. The van der Waals surface area contributed by atoms with E-state index in [0.717, 1.165) is 4.57 Å². The molecule has 3 heterocycles. The standard InChI is InChI=1S/C21H13N7O4/c29-19-17-12-23-20(25-10-9-22-13-25)24-18(17)26(15-7-4-8-16(11-15)28(31)32)21(30)27(19)14-5-2-1-3-6-14/h1-13H. The molecule has 0 saturated carbocycles. The number of nitro groups is 1. The maximum absolute atomic E-state index is 13.6. The first-order valence-corrected chi connectivity index (χ1v) is 9.38. The van der Waals surface area contributed by atoms with E-state index in [1.54, 1.807) is 36.5 Å². The molecule has 0 aliphatic carbocycles. The minimum absolute atomic E-state index is 0.0198. The fourth-order valence-corrected chi connectivity index (χ4v) is 3.37. The highest BCUT2D eigenvalue weighted by atomic mass is 16.6. The van der Waals surface area contributed by atoms with Crippen LogP contribution < -0.4 is 11.2 Å².